The molecule has 5 heteroatoms. The summed E-state index contributed by atoms with van der Waals surface area (Å²) in [5.74, 6) is 1.07. The third kappa shape index (κ3) is 2.90. The molecule has 2 rings (SSSR count). The van der Waals surface area contributed by atoms with Crippen molar-refractivity contribution in [1.29, 1.82) is 0 Å². The number of nitrogens with zero attached hydrogens (tertiary/aromatic N) is 2. The monoisotopic (exact) mass is 252 g/mol. The molecule has 2 heterocycles. The quantitative estimate of drug-likeness (QED) is 0.821. The molecule has 0 radical (unpaired) electrons. The number of amides is 1. The van der Waals surface area contributed by atoms with Crippen LogP contribution in [0.2, 0.25) is 0 Å². The second-order valence-electron chi connectivity index (χ2n) is 5.07. The molecule has 0 aliphatic carbocycles. The van der Waals surface area contributed by atoms with Crippen molar-refractivity contribution in [3.63, 3.8) is 0 Å². The summed E-state index contributed by atoms with van der Waals surface area (Å²) in [6.45, 7) is 5.24. The molecule has 1 aliphatic rings. The lowest BCUT2D eigenvalue weighted by atomic mass is 10.1. The molecule has 5 nitrogen and oxygen atoms in total. The molecule has 1 aromatic rings. The van der Waals surface area contributed by atoms with Gasteiger partial charge in [-0.1, -0.05) is 19.0 Å². The molecule has 1 atom stereocenters. The Labute approximate surface area is 107 Å². The molecule has 1 unspecified atom stereocenters. The predicted octanol–water partition coefficient (Wildman–Crippen LogP) is 1.94. The first-order chi connectivity index (χ1) is 8.58. The molecule has 0 bridgehead atoms. The van der Waals surface area contributed by atoms with Gasteiger partial charge in [0.05, 0.1) is 12.2 Å². The molecule has 100 valence electrons. The Hall–Kier alpha value is -1.36. The van der Waals surface area contributed by atoms with Gasteiger partial charge in [0.15, 0.2) is 5.76 Å². The number of rotatable bonds is 4. The minimum atomic E-state index is -0.275. The van der Waals surface area contributed by atoms with Crippen molar-refractivity contribution in [1.82, 2.24) is 10.1 Å². The van der Waals surface area contributed by atoms with Gasteiger partial charge in [0.1, 0.15) is 6.10 Å². The van der Waals surface area contributed by atoms with E-state index in [1.165, 1.54) is 0 Å². The van der Waals surface area contributed by atoms with Crippen molar-refractivity contribution in [2.45, 2.75) is 45.3 Å². The number of carbonyl (C=O) groups is 1. The second kappa shape index (κ2) is 5.52. The average Bonchev–Trinajstić information content (AvgIpc) is 2.98. The number of hydrogen-bond acceptors (Lipinski definition) is 4. The van der Waals surface area contributed by atoms with E-state index >= 15 is 0 Å². The summed E-state index contributed by atoms with van der Waals surface area (Å²) in [5.41, 5.74) is 0.919. The highest BCUT2D eigenvalue weighted by Gasteiger charge is 2.27. The number of carbonyl (C=O) groups excluding carboxylic acids is 1. The molecule has 18 heavy (non-hydrogen) atoms. The van der Waals surface area contributed by atoms with Crippen molar-refractivity contribution < 1.29 is 14.1 Å². The van der Waals surface area contributed by atoms with Crippen LogP contribution in [0.25, 0.3) is 0 Å². The number of hydrogen-bond donors (Lipinski definition) is 0. The first-order valence-corrected chi connectivity index (χ1v) is 6.40. The van der Waals surface area contributed by atoms with Crippen molar-refractivity contribution in [3.8, 4) is 0 Å². The summed E-state index contributed by atoms with van der Waals surface area (Å²) in [5, 5.41) is 3.98. The van der Waals surface area contributed by atoms with Crippen LogP contribution in [-0.2, 0) is 16.1 Å². The predicted molar refractivity (Wildman–Crippen MR) is 66.0 cm³/mol. The SMILES string of the molecule is CC(C)c1cc(CN(C)C(=O)C2CCCO2)on1. The van der Waals surface area contributed by atoms with E-state index in [2.05, 4.69) is 19.0 Å². The maximum atomic E-state index is 12.0. The lowest BCUT2D eigenvalue weighted by Crippen LogP contribution is -2.35. The molecular weight excluding hydrogens is 232 g/mol. The van der Waals surface area contributed by atoms with Crippen LogP contribution in [0.5, 0.6) is 0 Å². The molecule has 0 saturated carbocycles. The van der Waals surface area contributed by atoms with Gasteiger partial charge in [0.2, 0.25) is 0 Å². The topological polar surface area (TPSA) is 55.6 Å². The number of ether oxygens (including phenoxy) is 1. The fourth-order valence-electron chi connectivity index (χ4n) is 2.01. The normalized spacial score (nSPS) is 19.4. The largest absolute Gasteiger partial charge is 0.368 e. The van der Waals surface area contributed by atoms with Crippen LogP contribution in [0.4, 0.5) is 0 Å². The van der Waals surface area contributed by atoms with Crippen LogP contribution in [0.1, 0.15) is 44.1 Å². The summed E-state index contributed by atoms with van der Waals surface area (Å²) in [4.78, 5) is 13.7. The van der Waals surface area contributed by atoms with Crippen molar-refractivity contribution >= 4 is 5.91 Å². The second-order valence-corrected chi connectivity index (χ2v) is 5.07. The average molecular weight is 252 g/mol. The van der Waals surface area contributed by atoms with Crippen LogP contribution >= 0.6 is 0 Å². The molecule has 0 aromatic carbocycles. The summed E-state index contributed by atoms with van der Waals surface area (Å²) in [6.07, 6.45) is 1.50. The van der Waals surface area contributed by atoms with Gasteiger partial charge in [0.25, 0.3) is 5.91 Å². The first kappa shape index (κ1) is 13.1. The molecule has 1 amide bonds. The van der Waals surface area contributed by atoms with Crippen molar-refractivity contribution in [3.05, 3.63) is 17.5 Å². The van der Waals surface area contributed by atoms with Gasteiger partial charge >= 0.3 is 0 Å². The first-order valence-electron chi connectivity index (χ1n) is 6.40. The van der Waals surface area contributed by atoms with Crippen LogP contribution in [0, 0.1) is 0 Å². The van der Waals surface area contributed by atoms with Gasteiger partial charge in [-0.15, -0.1) is 0 Å². The van der Waals surface area contributed by atoms with Crippen LogP contribution < -0.4 is 0 Å². The molecule has 1 aromatic heterocycles. The highest BCUT2D eigenvalue weighted by Crippen LogP contribution is 2.17. The summed E-state index contributed by atoms with van der Waals surface area (Å²) < 4.78 is 10.6. The minimum absolute atomic E-state index is 0.0231. The van der Waals surface area contributed by atoms with E-state index in [9.17, 15) is 4.79 Å². The third-order valence-corrected chi connectivity index (χ3v) is 3.14. The Bertz CT molecular complexity index is 408. The Morgan fingerprint density at radius 2 is 2.39 bits per heavy atom. The zero-order valence-corrected chi connectivity index (χ0v) is 11.2. The third-order valence-electron chi connectivity index (χ3n) is 3.14. The summed E-state index contributed by atoms with van der Waals surface area (Å²) in [7, 11) is 1.77. The lowest BCUT2D eigenvalue weighted by Gasteiger charge is -2.18. The van der Waals surface area contributed by atoms with E-state index in [1.807, 2.05) is 6.07 Å². The Morgan fingerprint density at radius 3 is 2.94 bits per heavy atom. The Balaban J connectivity index is 1.93. The van der Waals surface area contributed by atoms with Crippen LogP contribution in [0.15, 0.2) is 10.6 Å². The van der Waals surface area contributed by atoms with Crippen molar-refractivity contribution in [2.24, 2.45) is 0 Å². The standard InChI is InChI=1S/C13H20N2O3/c1-9(2)11-7-10(18-14-11)8-15(3)13(16)12-5-4-6-17-12/h7,9,12H,4-6,8H2,1-3H3. The van der Waals surface area contributed by atoms with Crippen LogP contribution in [0.3, 0.4) is 0 Å². The van der Waals surface area contributed by atoms with Crippen LogP contribution in [-0.4, -0.2) is 35.7 Å². The van der Waals surface area contributed by atoms with E-state index < -0.39 is 0 Å². The minimum Gasteiger partial charge on any atom is -0.368 e. The zero-order chi connectivity index (χ0) is 13.1. The van der Waals surface area contributed by atoms with Gasteiger partial charge in [-0.3, -0.25) is 4.79 Å². The molecule has 1 aliphatic heterocycles. The highest BCUT2D eigenvalue weighted by molar-refractivity contribution is 5.80. The van der Waals surface area contributed by atoms with E-state index in [-0.39, 0.29) is 12.0 Å². The molecule has 0 N–H and O–H groups in total. The zero-order valence-electron chi connectivity index (χ0n) is 11.2. The molecular formula is C13H20N2O3. The van der Waals surface area contributed by atoms with Gasteiger partial charge < -0.3 is 14.2 Å². The lowest BCUT2D eigenvalue weighted by molar-refractivity contribution is -0.140. The van der Waals surface area contributed by atoms with Crippen molar-refractivity contribution in [2.75, 3.05) is 13.7 Å². The molecule has 0 spiro atoms. The van der Waals surface area contributed by atoms with E-state index in [4.69, 9.17) is 9.26 Å². The van der Waals surface area contributed by atoms with Gasteiger partial charge in [0, 0.05) is 19.7 Å². The number of likely N-dealkylation sites (N-methyl/N-ethyl adjacent to an activating group) is 1. The molecule has 1 saturated heterocycles. The van der Waals surface area contributed by atoms with Gasteiger partial charge in [-0.25, -0.2) is 0 Å². The van der Waals surface area contributed by atoms with E-state index in [0.717, 1.165) is 18.5 Å². The number of aromatic nitrogens is 1. The van der Waals surface area contributed by atoms with E-state index in [1.54, 1.807) is 11.9 Å². The fraction of sp³-hybridized carbons (Fsp3) is 0.692. The fourth-order valence-corrected chi connectivity index (χ4v) is 2.01. The van der Waals surface area contributed by atoms with Gasteiger partial charge in [-0.05, 0) is 18.8 Å². The smallest absolute Gasteiger partial charge is 0.251 e. The highest BCUT2D eigenvalue weighted by atomic mass is 16.5. The maximum Gasteiger partial charge on any atom is 0.251 e. The van der Waals surface area contributed by atoms with Gasteiger partial charge in [-0.2, -0.15) is 0 Å². The Morgan fingerprint density at radius 1 is 1.61 bits per heavy atom. The molecule has 1 fully saturated rings. The maximum absolute atomic E-state index is 12.0. The summed E-state index contributed by atoms with van der Waals surface area (Å²) >= 11 is 0. The van der Waals surface area contributed by atoms with E-state index in [0.29, 0.717) is 24.8 Å². The summed E-state index contributed by atoms with van der Waals surface area (Å²) in [6, 6.07) is 1.91. The Kier molecular flexibility index (Phi) is 4.01.